The van der Waals surface area contributed by atoms with Crippen LogP contribution in [0.5, 0.6) is 5.75 Å². The zero-order valence-corrected chi connectivity index (χ0v) is 14.7. The number of anilines is 1. The Labute approximate surface area is 152 Å². The maximum absolute atomic E-state index is 13.2. The molecule has 1 amide bonds. The number of methoxy groups -OCH3 is 1. The van der Waals surface area contributed by atoms with E-state index in [1.807, 2.05) is 41.9 Å². The third kappa shape index (κ3) is 2.73. The second-order valence-corrected chi connectivity index (χ2v) is 6.42. The average molecular weight is 348 g/mol. The summed E-state index contributed by atoms with van der Waals surface area (Å²) < 4.78 is 7.09. The molecule has 0 N–H and O–H groups in total. The number of carbonyl (C=O) groups excluding carboxylic acids is 1. The number of hydrogen-bond donors (Lipinski definition) is 0. The summed E-state index contributed by atoms with van der Waals surface area (Å²) in [6, 6.07) is 17.5. The van der Waals surface area contributed by atoms with Crippen molar-refractivity contribution in [3.05, 3.63) is 72.1 Å². The summed E-state index contributed by atoms with van der Waals surface area (Å²) in [5.74, 6) is 1.13. The van der Waals surface area contributed by atoms with Gasteiger partial charge in [-0.3, -0.25) is 9.69 Å². The molecule has 0 fully saturated rings. The normalized spacial score (nSPS) is 19.1. The third-order valence-electron chi connectivity index (χ3n) is 4.79. The van der Waals surface area contributed by atoms with Gasteiger partial charge in [0.1, 0.15) is 12.1 Å². The molecule has 0 aliphatic carbocycles. The Morgan fingerprint density at radius 1 is 1.15 bits per heavy atom. The standard InChI is InChI=1S/C20H20N4O2/c1-14-11-18(15-7-4-3-5-8-15)24-20(21-13-22-24)23(14)19(25)16-9-6-10-17(12-16)26-2/h3-10,12-14,18H,11H2,1-2H3/t14-,18-/m0/s1. The zero-order chi connectivity index (χ0) is 18.1. The number of fused-ring (bicyclic) bond motifs is 1. The highest BCUT2D eigenvalue weighted by Crippen LogP contribution is 2.35. The van der Waals surface area contributed by atoms with Crippen LogP contribution in [0, 0.1) is 0 Å². The van der Waals surface area contributed by atoms with Crippen LogP contribution in [0.1, 0.15) is 35.3 Å². The lowest BCUT2D eigenvalue weighted by atomic mass is 9.97. The number of ether oxygens (including phenoxy) is 1. The van der Waals surface area contributed by atoms with Crippen molar-refractivity contribution in [2.24, 2.45) is 0 Å². The molecule has 3 aromatic rings. The van der Waals surface area contributed by atoms with Gasteiger partial charge >= 0.3 is 0 Å². The predicted octanol–water partition coefficient (Wildman–Crippen LogP) is 3.32. The third-order valence-corrected chi connectivity index (χ3v) is 4.79. The fourth-order valence-corrected chi connectivity index (χ4v) is 3.50. The van der Waals surface area contributed by atoms with Crippen LogP contribution in [-0.2, 0) is 0 Å². The number of amides is 1. The van der Waals surface area contributed by atoms with Gasteiger partial charge in [0.25, 0.3) is 5.91 Å². The highest BCUT2D eigenvalue weighted by Gasteiger charge is 2.36. The first-order chi connectivity index (χ1) is 12.7. The van der Waals surface area contributed by atoms with E-state index in [0.717, 1.165) is 6.42 Å². The highest BCUT2D eigenvalue weighted by atomic mass is 16.5. The number of aromatic nitrogens is 3. The molecule has 0 spiro atoms. The van der Waals surface area contributed by atoms with Gasteiger partial charge in [-0.05, 0) is 37.1 Å². The van der Waals surface area contributed by atoms with E-state index in [-0.39, 0.29) is 18.0 Å². The van der Waals surface area contributed by atoms with Gasteiger partial charge in [0.05, 0.1) is 13.2 Å². The molecule has 1 aromatic heterocycles. The second kappa shape index (κ2) is 6.63. The van der Waals surface area contributed by atoms with Crippen molar-refractivity contribution in [2.45, 2.75) is 25.4 Å². The van der Waals surface area contributed by atoms with Crippen molar-refractivity contribution in [2.75, 3.05) is 12.0 Å². The van der Waals surface area contributed by atoms with Crippen molar-refractivity contribution < 1.29 is 9.53 Å². The maximum Gasteiger partial charge on any atom is 0.261 e. The first-order valence-electron chi connectivity index (χ1n) is 8.61. The quantitative estimate of drug-likeness (QED) is 0.728. The molecule has 0 radical (unpaired) electrons. The van der Waals surface area contributed by atoms with Crippen molar-refractivity contribution >= 4 is 11.9 Å². The molecule has 0 unspecified atom stereocenters. The van der Waals surface area contributed by atoms with Crippen LogP contribution >= 0.6 is 0 Å². The van der Waals surface area contributed by atoms with E-state index in [2.05, 4.69) is 22.2 Å². The minimum atomic E-state index is -0.0999. The zero-order valence-electron chi connectivity index (χ0n) is 14.7. The molecule has 2 aromatic carbocycles. The molecule has 26 heavy (non-hydrogen) atoms. The molecule has 132 valence electrons. The van der Waals surface area contributed by atoms with Crippen LogP contribution in [0.15, 0.2) is 60.9 Å². The Balaban J connectivity index is 1.72. The van der Waals surface area contributed by atoms with Gasteiger partial charge in [-0.1, -0.05) is 36.4 Å². The summed E-state index contributed by atoms with van der Waals surface area (Å²) in [4.78, 5) is 19.3. The number of hydrogen-bond acceptors (Lipinski definition) is 4. The lowest BCUT2D eigenvalue weighted by molar-refractivity contribution is 0.0966. The average Bonchev–Trinajstić information content (AvgIpc) is 3.17. The largest absolute Gasteiger partial charge is 0.497 e. The first-order valence-corrected chi connectivity index (χ1v) is 8.61. The van der Waals surface area contributed by atoms with Crippen LogP contribution in [0.4, 0.5) is 5.95 Å². The lowest BCUT2D eigenvalue weighted by Crippen LogP contribution is -2.46. The van der Waals surface area contributed by atoms with E-state index >= 15 is 0 Å². The summed E-state index contributed by atoms with van der Waals surface area (Å²) >= 11 is 0. The van der Waals surface area contributed by atoms with Crippen LogP contribution in [0.2, 0.25) is 0 Å². The fourth-order valence-electron chi connectivity index (χ4n) is 3.50. The summed E-state index contributed by atoms with van der Waals surface area (Å²) in [5.41, 5.74) is 1.74. The molecular weight excluding hydrogens is 328 g/mol. The van der Waals surface area contributed by atoms with E-state index in [9.17, 15) is 4.79 Å². The van der Waals surface area contributed by atoms with Crippen LogP contribution in [0.3, 0.4) is 0 Å². The molecule has 1 aliphatic heterocycles. The van der Waals surface area contributed by atoms with Gasteiger partial charge in [0.15, 0.2) is 0 Å². The van der Waals surface area contributed by atoms with Crippen molar-refractivity contribution in [1.29, 1.82) is 0 Å². The summed E-state index contributed by atoms with van der Waals surface area (Å²) in [6.45, 7) is 2.05. The van der Waals surface area contributed by atoms with Gasteiger partial charge in [-0.15, -0.1) is 0 Å². The Bertz CT molecular complexity index is 922. The number of carbonyl (C=O) groups is 1. The number of benzene rings is 2. The predicted molar refractivity (Wildman–Crippen MR) is 98.5 cm³/mol. The minimum absolute atomic E-state index is 0.00407. The maximum atomic E-state index is 13.2. The van der Waals surface area contributed by atoms with Gasteiger partial charge in [-0.25, -0.2) is 4.68 Å². The van der Waals surface area contributed by atoms with E-state index in [1.165, 1.54) is 11.9 Å². The molecule has 0 saturated heterocycles. The second-order valence-electron chi connectivity index (χ2n) is 6.42. The van der Waals surface area contributed by atoms with Gasteiger partial charge < -0.3 is 4.74 Å². The van der Waals surface area contributed by atoms with E-state index in [1.54, 1.807) is 24.1 Å². The fraction of sp³-hybridized carbons (Fsp3) is 0.250. The molecule has 6 nitrogen and oxygen atoms in total. The molecule has 0 bridgehead atoms. The van der Waals surface area contributed by atoms with Crippen LogP contribution < -0.4 is 9.64 Å². The summed E-state index contributed by atoms with van der Waals surface area (Å²) in [5, 5.41) is 4.40. The Morgan fingerprint density at radius 2 is 1.96 bits per heavy atom. The summed E-state index contributed by atoms with van der Waals surface area (Å²) in [6.07, 6.45) is 2.28. The summed E-state index contributed by atoms with van der Waals surface area (Å²) in [7, 11) is 1.59. The highest BCUT2D eigenvalue weighted by molar-refractivity contribution is 6.06. The monoisotopic (exact) mass is 348 g/mol. The van der Waals surface area contributed by atoms with Crippen molar-refractivity contribution in [1.82, 2.24) is 14.8 Å². The Kier molecular flexibility index (Phi) is 4.16. The topological polar surface area (TPSA) is 60.2 Å². The van der Waals surface area contributed by atoms with Gasteiger partial charge in [0.2, 0.25) is 5.95 Å². The van der Waals surface area contributed by atoms with Gasteiger partial charge in [0, 0.05) is 11.6 Å². The molecular formula is C20H20N4O2. The molecule has 2 atom stereocenters. The Hall–Kier alpha value is -3.15. The van der Waals surface area contributed by atoms with Crippen molar-refractivity contribution in [3.63, 3.8) is 0 Å². The molecule has 6 heteroatoms. The van der Waals surface area contributed by atoms with Crippen LogP contribution in [0.25, 0.3) is 0 Å². The molecule has 0 saturated carbocycles. The number of rotatable bonds is 3. The Morgan fingerprint density at radius 3 is 2.73 bits per heavy atom. The molecule has 4 rings (SSSR count). The van der Waals surface area contributed by atoms with E-state index in [0.29, 0.717) is 17.3 Å². The first kappa shape index (κ1) is 16.3. The van der Waals surface area contributed by atoms with Crippen LogP contribution in [-0.4, -0.2) is 33.8 Å². The lowest BCUT2D eigenvalue weighted by Gasteiger charge is -2.37. The number of nitrogens with zero attached hydrogens (tertiary/aromatic N) is 4. The molecule has 1 aliphatic rings. The SMILES string of the molecule is COc1cccc(C(=O)N2c3ncnn3[C@H](c3ccccc3)C[C@@H]2C)c1. The van der Waals surface area contributed by atoms with E-state index < -0.39 is 0 Å². The minimum Gasteiger partial charge on any atom is -0.497 e. The smallest absolute Gasteiger partial charge is 0.261 e. The van der Waals surface area contributed by atoms with Crippen molar-refractivity contribution in [3.8, 4) is 5.75 Å². The van der Waals surface area contributed by atoms with E-state index in [4.69, 9.17) is 4.74 Å². The van der Waals surface area contributed by atoms with Gasteiger partial charge in [-0.2, -0.15) is 10.1 Å². The molecule has 2 heterocycles.